The van der Waals surface area contributed by atoms with Gasteiger partial charge in [-0.05, 0) is 12.5 Å². The number of rotatable bonds is 2. The predicted molar refractivity (Wildman–Crippen MR) is 77.8 cm³/mol. The van der Waals surface area contributed by atoms with Crippen LogP contribution in [0.25, 0.3) is 21.3 Å². The molecule has 0 fully saturated rings. The van der Waals surface area contributed by atoms with E-state index in [0.29, 0.717) is 0 Å². The summed E-state index contributed by atoms with van der Waals surface area (Å²) in [4.78, 5) is 0. The van der Waals surface area contributed by atoms with Crippen molar-refractivity contribution in [3.8, 4) is 11.3 Å². The highest BCUT2D eigenvalue weighted by Gasteiger charge is 2.16. The number of nitrogens with zero attached hydrogens (tertiary/aromatic N) is 2. The van der Waals surface area contributed by atoms with Gasteiger partial charge in [-0.25, -0.2) is 0 Å². The second kappa shape index (κ2) is 4.14. The average molecular weight is 257 g/mol. The molecule has 2 heterocycles. The van der Waals surface area contributed by atoms with Crippen molar-refractivity contribution in [3.05, 3.63) is 35.2 Å². The van der Waals surface area contributed by atoms with Crippen molar-refractivity contribution in [2.75, 3.05) is 5.73 Å². The van der Waals surface area contributed by atoms with Crippen LogP contribution in [0.2, 0.25) is 0 Å². The van der Waals surface area contributed by atoms with Crippen LogP contribution in [0.3, 0.4) is 0 Å². The van der Waals surface area contributed by atoms with Crippen LogP contribution in [0.1, 0.15) is 12.5 Å². The minimum Gasteiger partial charge on any atom is -0.384 e. The fourth-order valence-corrected chi connectivity index (χ4v) is 3.25. The van der Waals surface area contributed by atoms with Crippen molar-refractivity contribution in [2.45, 2.75) is 13.3 Å². The van der Waals surface area contributed by atoms with Gasteiger partial charge >= 0.3 is 0 Å². The maximum Gasteiger partial charge on any atom is 0.125 e. The number of aryl methyl sites for hydroxylation is 1. The van der Waals surface area contributed by atoms with Crippen LogP contribution < -0.4 is 5.73 Å². The summed E-state index contributed by atoms with van der Waals surface area (Å²) in [5, 5.41) is 8.00. The molecule has 0 radical (unpaired) electrons. The van der Waals surface area contributed by atoms with Gasteiger partial charge < -0.3 is 5.73 Å². The molecule has 2 aromatic heterocycles. The van der Waals surface area contributed by atoms with Crippen LogP contribution in [-0.2, 0) is 13.5 Å². The Hall–Kier alpha value is -1.81. The van der Waals surface area contributed by atoms with Crippen LogP contribution in [0.4, 0.5) is 5.82 Å². The van der Waals surface area contributed by atoms with E-state index in [9.17, 15) is 0 Å². The van der Waals surface area contributed by atoms with Crippen LogP contribution in [-0.4, -0.2) is 9.78 Å². The van der Waals surface area contributed by atoms with Crippen LogP contribution in [0.15, 0.2) is 29.6 Å². The molecule has 0 spiro atoms. The Labute approximate surface area is 110 Å². The van der Waals surface area contributed by atoms with E-state index in [-0.39, 0.29) is 0 Å². The molecule has 0 aliphatic heterocycles. The molecule has 3 nitrogen and oxygen atoms in total. The second-order valence-corrected chi connectivity index (χ2v) is 5.25. The van der Waals surface area contributed by atoms with E-state index in [1.807, 2.05) is 7.05 Å². The molecule has 0 bridgehead atoms. The summed E-state index contributed by atoms with van der Waals surface area (Å²) in [6.45, 7) is 2.12. The van der Waals surface area contributed by atoms with Gasteiger partial charge in [0.05, 0.1) is 5.69 Å². The van der Waals surface area contributed by atoms with Crippen LogP contribution >= 0.6 is 11.3 Å². The second-order valence-electron chi connectivity index (χ2n) is 4.34. The van der Waals surface area contributed by atoms with Crippen molar-refractivity contribution in [1.82, 2.24) is 9.78 Å². The third-order valence-corrected chi connectivity index (χ3v) is 4.25. The van der Waals surface area contributed by atoms with Gasteiger partial charge in [-0.2, -0.15) is 5.10 Å². The standard InChI is InChI=1S/C14H15N3S/c1-3-9-13(16-17(2)14(9)15)11-8-18-12-7-5-4-6-10(11)12/h4-8H,3,15H2,1-2H3. The topological polar surface area (TPSA) is 43.8 Å². The third kappa shape index (κ3) is 1.53. The summed E-state index contributed by atoms with van der Waals surface area (Å²) in [5.41, 5.74) is 9.43. The number of anilines is 1. The van der Waals surface area contributed by atoms with Gasteiger partial charge in [0, 0.05) is 33.6 Å². The molecular formula is C14H15N3S. The first-order chi connectivity index (χ1) is 8.72. The molecule has 0 unspecified atom stereocenters. The van der Waals surface area contributed by atoms with Crippen molar-refractivity contribution >= 4 is 27.2 Å². The van der Waals surface area contributed by atoms with E-state index in [0.717, 1.165) is 23.5 Å². The monoisotopic (exact) mass is 257 g/mol. The molecule has 3 aromatic rings. The first-order valence-corrected chi connectivity index (χ1v) is 6.88. The van der Waals surface area contributed by atoms with Crippen molar-refractivity contribution in [2.24, 2.45) is 7.05 Å². The van der Waals surface area contributed by atoms with E-state index in [2.05, 4.69) is 41.7 Å². The van der Waals surface area contributed by atoms with Gasteiger partial charge in [-0.3, -0.25) is 4.68 Å². The average Bonchev–Trinajstić information content (AvgIpc) is 2.92. The van der Waals surface area contributed by atoms with Gasteiger partial charge in [-0.15, -0.1) is 11.3 Å². The minimum atomic E-state index is 0.766. The zero-order valence-corrected chi connectivity index (χ0v) is 11.3. The maximum absolute atomic E-state index is 6.07. The highest BCUT2D eigenvalue weighted by Crippen LogP contribution is 2.36. The Balaban J connectivity index is 2.29. The maximum atomic E-state index is 6.07. The Morgan fingerprint density at radius 1 is 1.33 bits per heavy atom. The van der Waals surface area contributed by atoms with E-state index in [1.165, 1.54) is 15.6 Å². The molecule has 0 aliphatic carbocycles. The largest absolute Gasteiger partial charge is 0.384 e. The smallest absolute Gasteiger partial charge is 0.125 e. The lowest BCUT2D eigenvalue weighted by Gasteiger charge is -1.99. The predicted octanol–water partition coefficient (Wildman–Crippen LogP) is 3.45. The summed E-state index contributed by atoms with van der Waals surface area (Å²) in [6, 6.07) is 8.42. The zero-order valence-electron chi connectivity index (χ0n) is 10.5. The number of nitrogen functional groups attached to an aromatic ring is 1. The molecule has 0 atom stereocenters. The lowest BCUT2D eigenvalue weighted by Crippen LogP contribution is -1.98. The first-order valence-electron chi connectivity index (χ1n) is 6.00. The van der Waals surface area contributed by atoms with E-state index in [4.69, 9.17) is 5.73 Å². The Morgan fingerprint density at radius 3 is 2.89 bits per heavy atom. The molecule has 0 saturated heterocycles. The van der Waals surface area contributed by atoms with Gasteiger partial charge in [0.2, 0.25) is 0 Å². The number of nitrogens with two attached hydrogens (primary N) is 1. The Bertz CT molecular complexity index is 709. The van der Waals surface area contributed by atoms with Gasteiger partial charge in [0.25, 0.3) is 0 Å². The Morgan fingerprint density at radius 2 is 2.11 bits per heavy atom. The van der Waals surface area contributed by atoms with Crippen molar-refractivity contribution in [3.63, 3.8) is 0 Å². The molecule has 92 valence electrons. The van der Waals surface area contributed by atoms with E-state index < -0.39 is 0 Å². The van der Waals surface area contributed by atoms with Crippen LogP contribution in [0.5, 0.6) is 0 Å². The SMILES string of the molecule is CCc1c(-c2csc3ccccc23)nn(C)c1N. The summed E-state index contributed by atoms with van der Waals surface area (Å²) in [5.74, 6) is 0.766. The number of aromatic nitrogens is 2. The number of fused-ring (bicyclic) bond motifs is 1. The lowest BCUT2D eigenvalue weighted by atomic mass is 10.1. The van der Waals surface area contributed by atoms with Crippen molar-refractivity contribution < 1.29 is 0 Å². The fourth-order valence-electron chi connectivity index (χ4n) is 2.31. The van der Waals surface area contributed by atoms with Gasteiger partial charge in [0.1, 0.15) is 5.82 Å². The third-order valence-electron chi connectivity index (χ3n) is 3.28. The molecule has 4 heteroatoms. The molecular weight excluding hydrogens is 242 g/mol. The van der Waals surface area contributed by atoms with Gasteiger partial charge in [0.15, 0.2) is 0 Å². The van der Waals surface area contributed by atoms with Gasteiger partial charge in [-0.1, -0.05) is 25.1 Å². The molecule has 2 N–H and O–H groups in total. The Kier molecular flexibility index (Phi) is 2.59. The lowest BCUT2D eigenvalue weighted by molar-refractivity contribution is 0.782. The molecule has 1 aromatic carbocycles. The first kappa shape index (κ1) is 11.3. The molecule has 0 saturated carbocycles. The fraction of sp³-hybridized carbons (Fsp3) is 0.214. The molecule has 0 aliphatic rings. The molecule has 3 rings (SSSR count). The highest BCUT2D eigenvalue weighted by atomic mass is 32.1. The highest BCUT2D eigenvalue weighted by molar-refractivity contribution is 7.17. The quantitative estimate of drug-likeness (QED) is 0.764. The number of hydrogen-bond donors (Lipinski definition) is 1. The summed E-state index contributed by atoms with van der Waals surface area (Å²) < 4.78 is 3.06. The van der Waals surface area contributed by atoms with Crippen LogP contribution in [0, 0.1) is 0 Å². The van der Waals surface area contributed by atoms with E-state index in [1.54, 1.807) is 16.0 Å². The number of thiophene rings is 1. The summed E-state index contributed by atoms with van der Waals surface area (Å²) in [6.07, 6.45) is 0.902. The summed E-state index contributed by atoms with van der Waals surface area (Å²) >= 11 is 1.75. The number of benzene rings is 1. The zero-order chi connectivity index (χ0) is 12.7. The minimum absolute atomic E-state index is 0.766. The molecule has 0 amide bonds. The normalized spacial score (nSPS) is 11.2. The van der Waals surface area contributed by atoms with E-state index >= 15 is 0 Å². The molecule has 18 heavy (non-hydrogen) atoms. The summed E-state index contributed by atoms with van der Waals surface area (Å²) in [7, 11) is 1.90. The van der Waals surface area contributed by atoms with Crippen molar-refractivity contribution in [1.29, 1.82) is 0 Å². The number of hydrogen-bond acceptors (Lipinski definition) is 3.